The Hall–Kier alpha value is -1.90. The van der Waals surface area contributed by atoms with Gasteiger partial charge in [0.2, 0.25) is 10.0 Å². The summed E-state index contributed by atoms with van der Waals surface area (Å²) >= 11 is 7.27. The van der Waals surface area contributed by atoms with Crippen LogP contribution in [-0.4, -0.2) is 37.2 Å². The molecule has 1 N–H and O–H groups in total. The van der Waals surface area contributed by atoms with Crippen LogP contribution in [0, 0.1) is 0 Å². The Morgan fingerprint density at radius 1 is 1.40 bits per heavy atom. The molecular weight excluding hydrogens is 382 g/mol. The number of hydrazone groups is 1. The second-order valence-corrected chi connectivity index (χ2v) is 8.60. The van der Waals surface area contributed by atoms with Gasteiger partial charge in [-0.3, -0.25) is 9.52 Å². The molecule has 9 heteroatoms. The first-order valence-electron chi connectivity index (χ1n) is 7.44. The number of sulfonamides is 1. The Labute approximate surface area is 155 Å². The predicted octanol–water partition coefficient (Wildman–Crippen LogP) is 3.04. The highest BCUT2D eigenvalue weighted by atomic mass is 35.5. The minimum atomic E-state index is -3.36. The lowest BCUT2D eigenvalue weighted by Gasteiger charge is -2.19. The van der Waals surface area contributed by atoms with E-state index in [-0.39, 0.29) is 17.8 Å². The van der Waals surface area contributed by atoms with Gasteiger partial charge in [-0.05, 0) is 29.1 Å². The normalized spacial score (nSPS) is 17.4. The van der Waals surface area contributed by atoms with Crippen molar-refractivity contribution >= 4 is 50.3 Å². The lowest BCUT2D eigenvalue weighted by Crippen LogP contribution is -2.27. The number of hydrogen-bond acceptors (Lipinski definition) is 5. The van der Waals surface area contributed by atoms with Gasteiger partial charge in [-0.2, -0.15) is 5.10 Å². The first-order valence-corrected chi connectivity index (χ1v) is 10.7. The van der Waals surface area contributed by atoms with E-state index in [1.54, 1.807) is 29.5 Å². The third kappa shape index (κ3) is 4.20. The molecule has 0 aliphatic carbocycles. The van der Waals surface area contributed by atoms with Crippen LogP contribution in [0.5, 0.6) is 0 Å². The zero-order chi connectivity index (χ0) is 18.0. The fourth-order valence-corrected chi connectivity index (χ4v) is 4.14. The number of anilines is 1. The highest BCUT2D eigenvalue weighted by molar-refractivity contribution is 7.92. The summed E-state index contributed by atoms with van der Waals surface area (Å²) in [5.74, 6) is -0.408. The van der Waals surface area contributed by atoms with Gasteiger partial charge >= 0.3 is 0 Å². The molecule has 1 aromatic heterocycles. The van der Waals surface area contributed by atoms with Crippen molar-refractivity contribution in [2.45, 2.75) is 12.5 Å². The van der Waals surface area contributed by atoms with Crippen LogP contribution in [0.4, 0.5) is 5.69 Å². The molecule has 0 saturated carbocycles. The number of thiophene rings is 1. The summed E-state index contributed by atoms with van der Waals surface area (Å²) in [6, 6.07) is 10.7. The minimum Gasteiger partial charge on any atom is -0.284 e. The van der Waals surface area contributed by atoms with Gasteiger partial charge in [-0.25, -0.2) is 13.4 Å². The van der Waals surface area contributed by atoms with Gasteiger partial charge in [0.25, 0.3) is 5.91 Å². The van der Waals surface area contributed by atoms with Crippen molar-refractivity contribution in [1.29, 1.82) is 0 Å². The molecule has 1 atom stereocenters. The van der Waals surface area contributed by atoms with Crippen LogP contribution in [0.3, 0.4) is 0 Å². The predicted molar refractivity (Wildman–Crippen MR) is 101 cm³/mol. The molecule has 1 amide bonds. The summed E-state index contributed by atoms with van der Waals surface area (Å²) in [5, 5.41) is 7.82. The van der Waals surface area contributed by atoms with E-state index in [0.717, 1.165) is 16.7 Å². The van der Waals surface area contributed by atoms with E-state index in [1.807, 2.05) is 23.6 Å². The second-order valence-electron chi connectivity index (χ2n) is 5.61. The second kappa shape index (κ2) is 7.15. The highest BCUT2D eigenvalue weighted by Crippen LogP contribution is 2.35. The standard InChI is InChI=1S/C16H16ClN3O3S2/c1-25(22,23)19-12-5-2-4-11(8-12)13-9-14(15-6-3-7-24-15)20(18-13)16(21)10-17/h2-8,14,19H,9-10H2,1H3/t14-/m0/s1. The summed E-state index contributed by atoms with van der Waals surface area (Å²) < 4.78 is 25.3. The van der Waals surface area contributed by atoms with Crippen LogP contribution < -0.4 is 4.72 Å². The number of alkyl halides is 1. The number of halogens is 1. The van der Waals surface area contributed by atoms with Crippen LogP contribution in [0.15, 0.2) is 46.9 Å². The maximum Gasteiger partial charge on any atom is 0.258 e. The molecule has 132 valence electrons. The lowest BCUT2D eigenvalue weighted by atomic mass is 10.0. The largest absolute Gasteiger partial charge is 0.284 e. The molecule has 0 saturated heterocycles. The zero-order valence-electron chi connectivity index (χ0n) is 13.3. The third-order valence-corrected chi connectivity index (χ3v) is 5.46. The maximum atomic E-state index is 12.2. The van der Waals surface area contributed by atoms with Crippen LogP contribution in [0.25, 0.3) is 0 Å². The fraction of sp³-hybridized carbons (Fsp3) is 0.250. The third-order valence-electron chi connectivity index (χ3n) is 3.65. The molecule has 1 aromatic carbocycles. The Morgan fingerprint density at radius 3 is 2.84 bits per heavy atom. The summed E-state index contributed by atoms with van der Waals surface area (Å²) in [5.41, 5.74) is 1.94. The molecule has 0 unspecified atom stereocenters. The molecule has 2 heterocycles. The molecule has 2 aromatic rings. The fourth-order valence-electron chi connectivity index (χ4n) is 2.65. The first kappa shape index (κ1) is 17.9. The van der Waals surface area contributed by atoms with Crippen LogP contribution in [-0.2, 0) is 14.8 Å². The van der Waals surface area contributed by atoms with Gasteiger partial charge in [-0.1, -0.05) is 18.2 Å². The number of nitrogens with zero attached hydrogens (tertiary/aromatic N) is 2. The maximum absolute atomic E-state index is 12.2. The van der Waals surface area contributed by atoms with Gasteiger partial charge in [0.1, 0.15) is 5.88 Å². The van der Waals surface area contributed by atoms with E-state index in [0.29, 0.717) is 17.8 Å². The monoisotopic (exact) mass is 397 g/mol. The van der Waals surface area contributed by atoms with Crippen LogP contribution in [0.1, 0.15) is 22.9 Å². The van der Waals surface area contributed by atoms with Crippen molar-refractivity contribution in [1.82, 2.24) is 5.01 Å². The Morgan fingerprint density at radius 2 is 2.20 bits per heavy atom. The zero-order valence-corrected chi connectivity index (χ0v) is 15.7. The number of carbonyl (C=O) groups is 1. The van der Waals surface area contributed by atoms with Gasteiger partial charge in [0, 0.05) is 17.0 Å². The molecule has 0 radical (unpaired) electrons. The molecule has 0 spiro atoms. The summed E-state index contributed by atoms with van der Waals surface area (Å²) in [6.07, 6.45) is 1.64. The van der Waals surface area contributed by atoms with E-state index in [1.165, 1.54) is 5.01 Å². The lowest BCUT2D eigenvalue weighted by molar-refractivity contribution is -0.130. The van der Waals surface area contributed by atoms with E-state index < -0.39 is 10.0 Å². The molecule has 1 aliphatic heterocycles. The quantitative estimate of drug-likeness (QED) is 0.787. The number of benzene rings is 1. The van der Waals surface area contributed by atoms with Crippen molar-refractivity contribution < 1.29 is 13.2 Å². The number of rotatable bonds is 5. The number of hydrogen-bond donors (Lipinski definition) is 1. The smallest absolute Gasteiger partial charge is 0.258 e. The van der Waals surface area contributed by atoms with Crippen LogP contribution >= 0.6 is 22.9 Å². The number of nitrogens with one attached hydrogen (secondary N) is 1. The number of amides is 1. The Balaban J connectivity index is 1.92. The van der Waals surface area contributed by atoms with Crippen molar-refractivity contribution in [2.24, 2.45) is 5.10 Å². The van der Waals surface area contributed by atoms with E-state index in [4.69, 9.17) is 11.6 Å². The van der Waals surface area contributed by atoms with Crippen LogP contribution in [0.2, 0.25) is 0 Å². The average Bonchev–Trinajstić information content (AvgIpc) is 3.22. The first-order chi connectivity index (χ1) is 11.9. The molecule has 25 heavy (non-hydrogen) atoms. The van der Waals surface area contributed by atoms with E-state index >= 15 is 0 Å². The summed E-state index contributed by atoms with van der Waals surface area (Å²) in [7, 11) is -3.36. The van der Waals surface area contributed by atoms with Crippen molar-refractivity contribution in [3.63, 3.8) is 0 Å². The molecule has 1 aliphatic rings. The summed E-state index contributed by atoms with van der Waals surface area (Å²) in [6.45, 7) is 0. The highest BCUT2D eigenvalue weighted by Gasteiger charge is 2.33. The topological polar surface area (TPSA) is 78.8 Å². The molecule has 0 fully saturated rings. The SMILES string of the molecule is CS(=O)(=O)Nc1cccc(C2=NN(C(=O)CCl)[C@H](c3cccs3)C2)c1. The number of carbonyl (C=O) groups excluding carboxylic acids is 1. The van der Waals surface area contributed by atoms with Gasteiger partial charge < -0.3 is 0 Å². The van der Waals surface area contributed by atoms with E-state index in [2.05, 4.69) is 9.82 Å². The molecule has 6 nitrogen and oxygen atoms in total. The van der Waals surface area contributed by atoms with Crippen molar-refractivity contribution in [2.75, 3.05) is 16.9 Å². The molecule has 3 rings (SSSR count). The minimum absolute atomic E-state index is 0.145. The Bertz CT molecular complexity index is 910. The summed E-state index contributed by atoms with van der Waals surface area (Å²) in [4.78, 5) is 13.2. The molecular formula is C16H16ClN3O3S2. The van der Waals surface area contributed by atoms with Crippen molar-refractivity contribution in [3.8, 4) is 0 Å². The van der Waals surface area contributed by atoms with Crippen molar-refractivity contribution in [3.05, 3.63) is 52.2 Å². The van der Waals surface area contributed by atoms with Gasteiger partial charge in [-0.15, -0.1) is 22.9 Å². The Kier molecular flexibility index (Phi) is 5.12. The van der Waals surface area contributed by atoms with Gasteiger partial charge in [0.05, 0.1) is 18.0 Å². The van der Waals surface area contributed by atoms with Gasteiger partial charge in [0.15, 0.2) is 0 Å². The van der Waals surface area contributed by atoms with E-state index in [9.17, 15) is 13.2 Å². The average molecular weight is 398 g/mol. The molecule has 0 bridgehead atoms.